The zero-order valence-electron chi connectivity index (χ0n) is 11.9. The minimum atomic E-state index is -0.529. The highest BCUT2D eigenvalue weighted by atomic mass is 16.5. The number of ether oxygens (including phenoxy) is 1. The van der Waals surface area contributed by atoms with Crippen molar-refractivity contribution in [1.29, 1.82) is 0 Å². The molecule has 1 aromatic rings. The van der Waals surface area contributed by atoms with Crippen molar-refractivity contribution in [3.05, 3.63) is 24.3 Å². The van der Waals surface area contributed by atoms with E-state index >= 15 is 0 Å². The first-order chi connectivity index (χ1) is 10.1. The molecule has 1 saturated carbocycles. The largest absolute Gasteiger partial charge is 0.484 e. The molecule has 2 amide bonds. The average molecular weight is 291 g/mol. The molecule has 0 aliphatic heterocycles. The van der Waals surface area contributed by atoms with E-state index < -0.39 is 5.91 Å². The van der Waals surface area contributed by atoms with Gasteiger partial charge in [-0.15, -0.1) is 0 Å². The molecule has 6 nitrogen and oxygen atoms in total. The second kappa shape index (κ2) is 7.08. The lowest BCUT2D eigenvalue weighted by atomic mass is 9.84. The standard InChI is InChI=1S/C15H21N3O3/c16-13-4-2-1-3-12(13)15(20)18-10-5-7-11(8-6-10)21-9-14(17)19/h5-8,12-13H,1-4,9,16H2,(H2,17,19)(H,18,20). The van der Waals surface area contributed by atoms with Crippen LogP contribution in [0.3, 0.4) is 0 Å². The number of primary amides is 1. The number of carbonyl (C=O) groups is 2. The van der Waals surface area contributed by atoms with Crippen LogP contribution in [0, 0.1) is 5.92 Å². The lowest BCUT2D eigenvalue weighted by Crippen LogP contribution is -2.40. The van der Waals surface area contributed by atoms with E-state index in [-0.39, 0.29) is 24.5 Å². The zero-order chi connectivity index (χ0) is 15.2. The highest BCUT2D eigenvalue weighted by molar-refractivity contribution is 5.93. The van der Waals surface area contributed by atoms with Gasteiger partial charge in [-0.25, -0.2) is 0 Å². The quantitative estimate of drug-likeness (QED) is 0.752. The van der Waals surface area contributed by atoms with E-state index in [0.717, 1.165) is 25.7 Å². The Morgan fingerprint density at radius 3 is 2.48 bits per heavy atom. The molecule has 0 radical (unpaired) electrons. The van der Waals surface area contributed by atoms with Gasteiger partial charge in [0.15, 0.2) is 6.61 Å². The Morgan fingerprint density at radius 1 is 1.19 bits per heavy atom. The summed E-state index contributed by atoms with van der Waals surface area (Å²) in [6, 6.07) is 6.75. The molecule has 0 aromatic heterocycles. The van der Waals surface area contributed by atoms with Crippen molar-refractivity contribution in [3.63, 3.8) is 0 Å². The van der Waals surface area contributed by atoms with Crippen LogP contribution >= 0.6 is 0 Å². The molecule has 21 heavy (non-hydrogen) atoms. The molecule has 0 spiro atoms. The molecule has 5 N–H and O–H groups in total. The maximum Gasteiger partial charge on any atom is 0.255 e. The molecular formula is C15H21N3O3. The summed E-state index contributed by atoms with van der Waals surface area (Å²) in [5.41, 5.74) is 11.7. The van der Waals surface area contributed by atoms with Gasteiger partial charge in [-0.2, -0.15) is 0 Å². The summed E-state index contributed by atoms with van der Waals surface area (Å²) in [6.07, 6.45) is 3.88. The fraction of sp³-hybridized carbons (Fsp3) is 0.467. The molecule has 0 heterocycles. The van der Waals surface area contributed by atoms with E-state index in [9.17, 15) is 9.59 Å². The maximum atomic E-state index is 12.2. The van der Waals surface area contributed by atoms with Gasteiger partial charge in [-0.3, -0.25) is 9.59 Å². The van der Waals surface area contributed by atoms with Crippen molar-refractivity contribution in [2.75, 3.05) is 11.9 Å². The van der Waals surface area contributed by atoms with Crippen LogP contribution in [0.4, 0.5) is 5.69 Å². The van der Waals surface area contributed by atoms with Crippen LogP contribution in [0.5, 0.6) is 5.75 Å². The number of nitrogens with two attached hydrogens (primary N) is 2. The van der Waals surface area contributed by atoms with E-state index in [1.165, 1.54) is 0 Å². The number of anilines is 1. The highest BCUT2D eigenvalue weighted by Crippen LogP contribution is 2.24. The van der Waals surface area contributed by atoms with Crippen LogP contribution in [0.2, 0.25) is 0 Å². The van der Waals surface area contributed by atoms with Crippen LogP contribution in [-0.4, -0.2) is 24.5 Å². The Labute approximate surface area is 123 Å². The van der Waals surface area contributed by atoms with Crippen molar-refractivity contribution >= 4 is 17.5 Å². The normalized spacial score (nSPS) is 21.6. The number of rotatable bonds is 5. The predicted molar refractivity (Wildman–Crippen MR) is 79.7 cm³/mol. The second-order valence-electron chi connectivity index (χ2n) is 5.32. The first-order valence-corrected chi connectivity index (χ1v) is 7.14. The van der Waals surface area contributed by atoms with E-state index in [0.29, 0.717) is 11.4 Å². The number of carbonyl (C=O) groups excluding carboxylic acids is 2. The van der Waals surface area contributed by atoms with E-state index in [2.05, 4.69) is 5.32 Å². The van der Waals surface area contributed by atoms with Gasteiger partial charge in [0.2, 0.25) is 5.91 Å². The Balaban J connectivity index is 1.90. The van der Waals surface area contributed by atoms with Gasteiger partial charge < -0.3 is 21.5 Å². The summed E-state index contributed by atoms with van der Waals surface area (Å²) in [4.78, 5) is 22.8. The van der Waals surface area contributed by atoms with Crippen molar-refractivity contribution in [2.45, 2.75) is 31.7 Å². The lowest BCUT2D eigenvalue weighted by Gasteiger charge is -2.27. The molecule has 6 heteroatoms. The first kappa shape index (κ1) is 15.3. The molecule has 1 aliphatic rings. The Hall–Kier alpha value is -2.08. The Bertz CT molecular complexity index is 501. The number of benzene rings is 1. The summed E-state index contributed by atoms with van der Waals surface area (Å²) in [5, 5.41) is 2.87. The average Bonchev–Trinajstić information content (AvgIpc) is 2.47. The molecule has 0 bridgehead atoms. The van der Waals surface area contributed by atoms with Gasteiger partial charge in [-0.1, -0.05) is 12.8 Å². The molecule has 0 saturated heterocycles. The van der Waals surface area contributed by atoms with Gasteiger partial charge in [0.1, 0.15) is 5.75 Å². The van der Waals surface area contributed by atoms with Gasteiger partial charge in [-0.05, 0) is 37.1 Å². The van der Waals surface area contributed by atoms with Crippen molar-refractivity contribution in [2.24, 2.45) is 17.4 Å². The van der Waals surface area contributed by atoms with Gasteiger partial charge in [0.25, 0.3) is 5.91 Å². The summed E-state index contributed by atoms with van der Waals surface area (Å²) in [7, 11) is 0. The first-order valence-electron chi connectivity index (χ1n) is 7.14. The van der Waals surface area contributed by atoms with E-state index in [4.69, 9.17) is 16.2 Å². The summed E-state index contributed by atoms with van der Waals surface area (Å²) in [6.45, 7) is -0.164. The molecule has 2 unspecified atom stereocenters. The molecule has 1 aliphatic carbocycles. The van der Waals surface area contributed by atoms with E-state index in [1.54, 1.807) is 24.3 Å². The second-order valence-corrected chi connectivity index (χ2v) is 5.32. The van der Waals surface area contributed by atoms with Crippen LogP contribution in [0.25, 0.3) is 0 Å². The monoisotopic (exact) mass is 291 g/mol. The zero-order valence-corrected chi connectivity index (χ0v) is 11.9. The number of nitrogens with one attached hydrogen (secondary N) is 1. The number of amides is 2. The third-order valence-corrected chi connectivity index (χ3v) is 3.66. The molecular weight excluding hydrogens is 270 g/mol. The third-order valence-electron chi connectivity index (χ3n) is 3.66. The van der Waals surface area contributed by atoms with Crippen LogP contribution in [0.1, 0.15) is 25.7 Å². The van der Waals surface area contributed by atoms with Crippen molar-refractivity contribution < 1.29 is 14.3 Å². The Morgan fingerprint density at radius 2 is 1.86 bits per heavy atom. The maximum absolute atomic E-state index is 12.2. The molecule has 114 valence electrons. The van der Waals surface area contributed by atoms with Crippen LogP contribution < -0.4 is 21.5 Å². The van der Waals surface area contributed by atoms with Gasteiger partial charge in [0, 0.05) is 11.7 Å². The Kier molecular flexibility index (Phi) is 5.16. The minimum absolute atomic E-state index is 0.0343. The summed E-state index contributed by atoms with van der Waals surface area (Å²) >= 11 is 0. The van der Waals surface area contributed by atoms with E-state index in [1.807, 2.05) is 0 Å². The summed E-state index contributed by atoms with van der Waals surface area (Å²) in [5.74, 6) is -0.155. The SMILES string of the molecule is NC(=O)COc1ccc(NC(=O)C2CCCCC2N)cc1. The number of hydrogen-bond acceptors (Lipinski definition) is 4. The predicted octanol–water partition coefficient (Wildman–Crippen LogP) is 1.01. The smallest absolute Gasteiger partial charge is 0.255 e. The highest BCUT2D eigenvalue weighted by Gasteiger charge is 2.28. The summed E-state index contributed by atoms with van der Waals surface area (Å²) < 4.78 is 5.15. The fourth-order valence-corrected chi connectivity index (χ4v) is 2.51. The third kappa shape index (κ3) is 4.46. The van der Waals surface area contributed by atoms with Crippen LogP contribution in [-0.2, 0) is 9.59 Å². The molecule has 2 rings (SSSR count). The van der Waals surface area contributed by atoms with Gasteiger partial charge >= 0.3 is 0 Å². The lowest BCUT2D eigenvalue weighted by molar-refractivity contribution is -0.121. The van der Waals surface area contributed by atoms with Gasteiger partial charge in [0.05, 0.1) is 5.92 Å². The fourth-order valence-electron chi connectivity index (χ4n) is 2.51. The topological polar surface area (TPSA) is 107 Å². The number of hydrogen-bond donors (Lipinski definition) is 3. The molecule has 1 fully saturated rings. The van der Waals surface area contributed by atoms with Crippen molar-refractivity contribution in [1.82, 2.24) is 0 Å². The molecule has 1 aromatic carbocycles. The molecule has 2 atom stereocenters. The minimum Gasteiger partial charge on any atom is -0.484 e. The van der Waals surface area contributed by atoms with Crippen molar-refractivity contribution in [3.8, 4) is 5.75 Å². The van der Waals surface area contributed by atoms with Crippen LogP contribution in [0.15, 0.2) is 24.3 Å².